The van der Waals surface area contributed by atoms with Gasteiger partial charge in [0, 0.05) is 18.0 Å². The summed E-state index contributed by atoms with van der Waals surface area (Å²) in [6.07, 6.45) is -4.39. The summed E-state index contributed by atoms with van der Waals surface area (Å²) in [5.74, 6) is -0.554. The van der Waals surface area contributed by atoms with Gasteiger partial charge in [0.25, 0.3) is 0 Å². The number of halogens is 3. The Bertz CT molecular complexity index is 923. The molecule has 1 heterocycles. The number of ether oxygens (including phenoxy) is 3. The number of rotatable bonds is 8. The van der Waals surface area contributed by atoms with Crippen LogP contribution in [0.5, 0.6) is 5.75 Å². The maximum absolute atomic E-state index is 12.9. The van der Waals surface area contributed by atoms with Crippen LogP contribution in [0, 0.1) is 0 Å². The molecule has 11 heteroatoms. The highest BCUT2D eigenvalue weighted by atomic mass is 19.4. The van der Waals surface area contributed by atoms with E-state index >= 15 is 0 Å². The van der Waals surface area contributed by atoms with Gasteiger partial charge >= 0.3 is 18.2 Å². The SMILES string of the molecule is COc1cc(C(F)(F)F)ccc1C(C)NC(=O)OC(CC(=O)OC(C)C)c1ncccn1. The van der Waals surface area contributed by atoms with Gasteiger partial charge in [-0.3, -0.25) is 4.79 Å². The van der Waals surface area contributed by atoms with Crippen molar-refractivity contribution in [2.45, 2.75) is 51.6 Å². The van der Waals surface area contributed by atoms with Crippen LogP contribution in [0.1, 0.15) is 56.3 Å². The minimum atomic E-state index is -4.53. The molecule has 0 fully saturated rings. The zero-order valence-corrected chi connectivity index (χ0v) is 18.0. The zero-order chi connectivity index (χ0) is 23.9. The average Bonchev–Trinajstić information content (AvgIpc) is 2.72. The van der Waals surface area contributed by atoms with Crippen LogP contribution in [-0.4, -0.2) is 35.2 Å². The number of methoxy groups -OCH3 is 1. The van der Waals surface area contributed by atoms with Crippen LogP contribution in [0.25, 0.3) is 0 Å². The summed E-state index contributed by atoms with van der Waals surface area (Å²) in [5, 5.41) is 2.51. The normalized spacial score (nSPS) is 13.2. The molecular weight excluding hydrogens is 431 g/mol. The predicted molar refractivity (Wildman–Crippen MR) is 107 cm³/mol. The number of alkyl carbamates (subject to hydrolysis) is 1. The first-order valence-electron chi connectivity index (χ1n) is 9.70. The molecule has 8 nitrogen and oxygen atoms in total. The van der Waals surface area contributed by atoms with E-state index < -0.39 is 35.9 Å². The molecule has 2 unspecified atom stereocenters. The third kappa shape index (κ3) is 7.10. The molecular formula is C21H24F3N3O5. The van der Waals surface area contributed by atoms with Crippen LogP contribution in [0.3, 0.4) is 0 Å². The van der Waals surface area contributed by atoms with E-state index in [-0.39, 0.29) is 24.1 Å². The van der Waals surface area contributed by atoms with E-state index in [0.29, 0.717) is 5.56 Å². The summed E-state index contributed by atoms with van der Waals surface area (Å²) < 4.78 is 54.3. The van der Waals surface area contributed by atoms with Crippen LogP contribution in [-0.2, 0) is 20.4 Å². The molecule has 2 atom stereocenters. The monoisotopic (exact) mass is 455 g/mol. The molecule has 174 valence electrons. The molecule has 0 saturated heterocycles. The standard InChI is InChI=1S/C21H24F3N3O5/c1-12(2)31-18(28)11-17(19-25-8-5-9-26-19)32-20(29)27-13(3)15-7-6-14(21(22,23)24)10-16(15)30-4/h5-10,12-13,17H,11H2,1-4H3,(H,27,29). The maximum atomic E-state index is 12.9. The lowest BCUT2D eigenvalue weighted by Crippen LogP contribution is -2.30. The minimum Gasteiger partial charge on any atom is -0.496 e. The second-order valence-electron chi connectivity index (χ2n) is 7.06. The molecule has 0 bridgehead atoms. The molecule has 0 aliphatic carbocycles. The van der Waals surface area contributed by atoms with Crippen molar-refractivity contribution >= 4 is 12.1 Å². The number of hydrogen-bond donors (Lipinski definition) is 1. The molecule has 1 aromatic carbocycles. The first kappa shape index (κ1) is 24.9. The highest BCUT2D eigenvalue weighted by molar-refractivity contribution is 5.72. The number of carbonyl (C=O) groups excluding carboxylic acids is 2. The van der Waals surface area contributed by atoms with E-state index in [1.165, 1.54) is 25.6 Å². The van der Waals surface area contributed by atoms with Crippen molar-refractivity contribution in [3.8, 4) is 5.75 Å². The summed E-state index contributed by atoms with van der Waals surface area (Å²) in [7, 11) is 1.23. The van der Waals surface area contributed by atoms with Gasteiger partial charge in [-0.05, 0) is 39.0 Å². The fourth-order valence-corrected chi connectivity index (χ4v) is 2.79. The van der Waals surface area contributed by atoms with Crippen LogP contribution >= 0.6 is 0 Å². The third-order valence-corrected chi connectivity index (χ3v) is 4.20. The Morgan fingerprint density at radius 1 is 1.09 bits per heavy atom. The van der Waals surface area contributed by atoms with Crippen molar-refractivity contribution in [1.82, 2.24) is 15.3 Å². The lowest BCUT2D eigenvalue weighted by molar-refractivity contribution is -0.149. The Balaban J connectivity index is 2.14. The number of hydrogen-bond acceptors (Lipinski definition) is 7. The molecule has 1 N–H and O–H groups in total. The average molecular weight is 455 g/mol. The van der Waals surface area contributed by atoms with Gasteiger partial charge in [-0.25, -0.2) is 14.8 Å². The zero-order valence-electron chi connectivity index (χ0n) is 18.0. The maximum Gasteiger partial charge on any atom is 0.416 e. The molecule has 0 radical (unpaired) electrons. The number of carbonyl (C=O) groups is 2. The molecule has 0 aliphatic rings. The fourth-order valence-electron chi connectivity index (χ4n) is 2.79. The summed E-state index contributed by atoms with van der Waals surface area (Å²) in [6, 6.07) is 3.75. The predicted octanol–water partition coefficient (Wildman–Crippen LogP) is 4.37. The van der Waals surface area contributed by atoms with Gasteiger partial charge in [0.1, 0.15) is 5.75 Å². The van der Waals surface area contributed by atoms with E-state index in [0.717, 1.165) is 12.1 Å². The minimum absolute atomic E-state index is 0.0453. The fraction of sp³-hybridized carbons (Fsp3) is 0.429. The lowest BCUT2D eigenvalue weighted by Gasteiger charge is -2.21. The van der Waals surface area contributed by atoms with E-state index in [9.17, 15) is 22.8 Å². The topological polar surface area (TPSA) is 99.6 Å². The Morgan fingerprint density at radius 2 is 1.75 bits per heavy atom. The second-order valence-corrected chi connectivity index (χ2v) is 7.06. The van der Waals surface area contributed by atoms with Crippen molar-refractivity contribution in [2.75, 3.05) is 7.11 Å². The van der Waals surface area contributed by atoms with E-state index in [1.807, 2.05) is 0 Å². The highest BCUT2D eigenvalue weighted by Crippen LogP contribution is 2.35. The lowest BCUT2D eigenvalue weighted by atomic mass is 10.0. The van der Waals surface area contributed by atoms with Crippen molar-refractivity contribution in [2.24, 2.45) is 0 Å². The van der Waals surface area contributed by atoms with Crippen molar-refractivity contribution in [1.29, 1.82) is 0 Å². The summed E-state index contributed by atoms with van der Waals surface area (Å²) >= 11 is 0. The van der Waals surface area contributed by atoms with Crippen LogP contribution in [0.2, 0.25) is 0 Å². The third-order valence-electron chi connectivity index (χ3n) is 4.20. The van der Waals surface area contributed by atoms with Crippen LogP contribution in [0.4, 0.5) is 18.0 Å². The highest BCUT2D eigenvalue weighted by Gasteiger charge is 2.32. The second kappa shape index (κ2) is 10.8. The summed E-state index contributed by atoms with van der Waals surface area (Å²) in [6.45, 7) is 4.91. The smallest absolute Gasteiger partial charge is 0.416 e. The van der Waals surface area contributed by atoms with Crippen LogP contribution < -0.4 is 10.1 Å². The molecule has 0 saturated carbocycles. The number of benzene rings is 1. The van der Waals surface area contributed by atoms with E-state index in [4.69, 9.17) is 14.2 Å². The largest absolute Gasteiger partial charge is 0.496 e. The van der Waals surface area contributed by atoms with Crippen LogP contribution in [0.15, 0.2) is 36.7 Å². The van der Waals surface area contributed by atoms with Gasteiger partial charge < -0.3 is 19.5 Å². The van der Waals surface area contributed by atoms with Crippen molar-refractivity contribution in [3.63, 3.8) is 0 Å². The number of alkyl halides is 3. The number of aromatic nitrogens is 2. The molecule has 1 amide bonds. The molecule has 0 spiro atoms. The summed E-state index contributed by atoms with van der Waals surface area (Å²) in [5.41, 5.74) is -0.568. The Kier molecular flexibility index (Phi) is 8.39. The number of nitrogens with one attached hydrogen (secondary N) is 1. The van der Waals surface area contributed by atoms with E-state index in [1.54, 1.807) is 26.8 Å². The van der Waals surface area contributed by atoms with Gasteiger partial charge in [-0.1, -0.05) is 6.07 Å². The Hall–Kier alpha value is -3.37. The van der Waals surface area contributed by atoms with Gasteiger partial charge in [0.15, 0.2) is 11.9 Å². The molecule has 2 rings (SSSR count). The first-order valence-corrected chi connectivity index (χ1v) is 9.70. The quantitative estimate of drug-likeness (QED) is 0.590. The number of nitrogens with zero attached hydrogens (tertiary/aromatic N) is 2. The van der Waals surface area contributed by atoms with Gasteiger partial charge in [0.05, 0.1) is 31.2 Å². The number of amides is 1. The molecule has 1 aromatic heterocycles. The first-order chi connectivity index (χ1) is 15.0. The Labute approximate surface area is 183 Å². The van der Waals surface area contributed by atoms with Gasteiger partial charge in [0.2, 0.25) is 0 Å². The van der Waals surface area contributed by atoms with Gasteiger partial charge in [-0.15, -0.1) is 0 Å². The molecule has 32 heavy (non-hydrogen) atoms. The molecule has 0 aliphatic heterocycles. The Morgan fingerprint density at radius 3 is 2.31 bits per heavy atom. The van der Waals surface area contributed by atoms with Gasteiger partial charge in [-0.2, -0.15) is 13.2 Å². The van der Waals surface area contributed by atoms with Crippen molar-refractivity contribution in [3.05, 3.63) is 53.6 Å². The number of esters is 1. The van der Waals surface area contributed by atoms with E-state index in [2.05, 4.69) is 15.3 Å². The molecule has 2 aromatic rings. The summed E-state index contributed by atoms with van der Waals surface area (Å²) in [4.78, 5) is 32.6. The van der Waals surface area contributed by atoms with Crippen molar-refractivity contribution < 1.29 is 37.0 Å².